The van der Waals surface area contributed by atoms with E-state index in [4.69, 9.17) is 17.3 Å². The fourth-order valence-corrected chi connectivity index (χ4v) is 2.60. The van der Waals surface area contributed by atoms with Gasteiger partial charge in [0.05, 0.1) is 5.52 Å². The largest absolute Gasteiger partial charge is 0.334 e. The zero-order valence-electron chi connectivity index (χ0n) is 7.72. The predicted octanol–water partition coefficient (Wildman–Crippen LogP) is 3.05. The lowest BCUT2D eigenvalue weighted by atomic mass is 10.2. The Bertz CT molecular complexity index is 490. The van der Waals surface area contributed by atoms with E-state index >= 15 is 0 Å². The van der Waals surface area contributed by atoms with E-state index in [-0.39, 0.29) is 0 Å². The first-order valence-corrected chi connectivity index (χ1v) is 5.45. The topological polar surface area (TPSA) is 30.9 Å². The van der Waals surface area contributed by atoms with Crippen LogP contribution in [0, 0.1) is 0 Å². The van der Waals surface area contributed by atoms with Gasteiger partial charge in [-0.3, -0.25) is 0 Å². The molecule has 2 N–H and O–H groups in total. The molecule has 0 aliphatic heterocycles. The Hall–Kier alpha value is -0.510. The molecular formula is C10H10BrClN2. The average Bonchev–Trinajstić information content (AvgIpc) is 2.41. The zero-order valence-corrected chi connectivity index (χ0v) is 10.1. The molecule has 1 aromatic carbocycles. The van der Waals surface area contributed by atoms with Crippen molar-refractivity contribution in [1.29, 1.82) is 0 Å². The maximum Gasteiger partial charge on any atom is 0.114 e. The third kappa shape index (κ3) is 1.28. The molecule has 0 aliphatic rings. The van der Waals surface area contributed by atoms with Gasteiger partial charge in [0.2, 0.25) is 0 Å². The summed E-state index contributed by atoms with van der Waals surface area (Å²) in [5, 5.41) is 1.84. The lowest BCUT2D eigenvalue weighted by Gasteiger charge is -1.98. The Balaban J connectivity index is 2.95. The Morgan fingerprint density at radius 3 is 2.86 bits per heavy atom. The second kappa shape index (κ2) is 3.57. The van der Waals surface area contributed by atoms with Crippen molar-refractivity contribution in [2.75, 3.05) is 0 Å². The molecule has 0 amide bonds. The standard InChI is InChI=1S/C10H10BrClN2/c1-14-9-6(3-2-4-8(9)11)7(5-13)10(14)12/h2-4H,5,13H2,1H3. The van der Waals surface area contributed by atoms with Gasteiger partial charge in [0.1, 0.15) is 5.15 Å². The molecule has 14 heavy (non-hydrogen) atoms. The van der Waals surface area contributed by atoms with Crippen molar-refractivity contribution in [2.45, 2.75) is 6.54 Å². The molecule has 1 heterocycles. The molecule has 2 rings (SSSR count). The third-order valence-corrected chi connectivity index (χ3v) is 3.52. The smallest absolute Gasteiger partial charge is 0.114 e. The Morgan fingerprint density at radius 1 is 1.50 bits per heavy atom. The number of rotatable bonds is 1. The third-order valence-electron chi connectivity index (χ3n) is 2.39. The molecule has 0 aliphatic carbocycles. The van der Waals surface area contributed by atoms with Gasteiger partial charge >= 0.3 is 0 Å². The van der Waals surface area contributed by atoms with Crippen LogP contribution in [0.5, 0.6) is 0 Å². The first-order valence-electron chi connectivity index (χ1n) is 4.28. The van der Waals surface area contributed by atoms with E-state index in [1.54, 1.807) is 0 Å². The minimum Gasteiger partial charge on any atom is -0.334 e. The molecule has 0 spiro atoms. The number of nitrogens with two attached hydrogens (primary N) is 1. The second-order valence-electron chi connectivity index (χ2n) is 3.17. The van der Waals surface area contributed by atoms with E-state index < -0.39 is 0 Å². The van der Waals surface area contributed by atoms with Gasteiger partial charge in [-0.15, -0.1) is 0 Å². The van der Waals surface area contributed by atoms with Gasteiger partial charge in [-0.2, -0.15) is 0 Å². The SMILES string of the molecule is Cn1c(Cl)c(CN)c2cccc(Br)c21. The van der Waals surface area contributed by atoms with Gasteiger partial charge in [0.25, 0.3) is 0 Å². The Labute approximate surface area is 95.8 Å². The number of hydrogen-bond acceptors (Lipinski definition) is 1. The fraction of sp³-hybridized carbons (Fsp3) is 0.200. The number of nitrogens with zero attached hydrogens (tertiary/aromatic N) is 1. The molecule has 4 heteroatoms. The summed E-state index contributed by atoms with van der Waals surface area (Å²) in [5.41, 5.74) is 7.77. The van der Waals surface area contributed by atoms with Gasteiger partial charge in [-0.05, 0) is 22.0 Å². The van der Waals surface area contributed by atoms with Crippen LogP contribution in [0.4, 0.5) is 0 Å². The summed E-state index contributed by atoms with van der Waals surface area (Å²) in [4.78, 5) is 0. The normalized spacial score (nSPS) is 11.1. The van der Waals surface area contributed by atoms with Crippen LogP contribution in [0.3, 0.4) is 0 Å². The van der Waals surface area contributed by atoms with Crippen LogP contribution >= 0.6 is 27.5 Å². The van der Waals surface area contributed by atoms with Crippen LogP contribution in [0.15, 0.2) is 22.7 Å². The molecule has 2 aromatic rings. The monoisotopic (exact) mass is 272 g/mol. The van der Waals surface area contributed by atoms with Crippen LogP contribution in [-0.2, 0) is 13.6 Å². The fourth-order valence-electron chi connectivity index (χ4n) is 1.71. The highest BCUT2D eigenvalue weighted by molar-refractivity contribution is 9.10. The molecule has 0 radical (unpaired) electrons. The van der Waals surface area contributed by atoms with Crippen LogP contribution in [0.25, 0.3) is 10.9 Å². The lowest BCUT2D eigenvalue weighted by Crippen LogP contribution is -1.96. The molecule has 0 fully saturated rings. The molecule has 74 valence electrons. The van der Waals surface area contributed by atoms with Crippen LogP contribution in [0.2, 0.25) is 5.15 Å². The molecule has 0 bridgehead atoms. The number of para-hydroxylation sites is 1. The van der Waals surface area contributed by atoms with E-state index in [0.717, 1.165) is 26.1 Å². The van der Waals surface area contributed by atoms with Gasteiger partial charge in [0.15, 0.2) is 0 Å². The summed E-state index contributed by atoms with van der Waals surface area (Å²) in [6.07, 6.45) is 0. The molecule has 0 atom stereocenters. The number of fused-ring (bicyclic) bond motifs is 1. The molecule has 1 aromatic heterocycles. The van der Waals surface area contributed by atoms with Gasteiger partial charge in [-0.1, -0.05) is 23.7 Å². The summed E-state index contributed by atoms with van der Waals surface area (Å²) in [6.45, 7) is 0.465. The van der Waals surface area contributed by atoms with Crippen molar-refractivity contribution >= 4 is 38.4 Å². The number of aryl methyl sites for hydroxylation is 1. The highest BCUT2D eigenvalue weighted by atomic mass is 79.9. The quantitative estimate of drug-likeness (QED) is 0.850. The minimum atomic E-state index is 0.465. The van der Waals surface area contributed by atoms with E-state index in [9.17, 15) is 0 Å². The van der Waals surface area contributed by atoms with Gasteiger partial charge in [0, 0.05) is 29.0 Å². The Kier molecular flexibility index (Phi) is 2.56. The van der Waals surface area contributed by atoms with Crippen molar-refractivity contribution in [1.82, 2.24) is 4.57 Å². The molecular weight excluding hydrogens is 263 g/mol. The Morgan fingerprint density at radius 2 is 2.21 bits per heavy atom. The minimum absolute atomic E-state index is 0.465. The highest BCUT2D eigenvalue weighted by Gasteiger charge is 2.13. The first kappa shape index (κ1) is 10.0. The van der Waals surface area contributed by atoms with Crippen molar-refractivity contribution in [3.63, 3.8) is 0 Å². The summed E-state index contributed by atoms with van der Waals surface area (Å²) >= 11 is 9.67. The summed E-state index contributed by atoms with van der Waals surface area (Å²) < 4.78 is 2.99. The number of halogens is 2. The van der Waals surface area contributed by atoms with E-state index in [0.29, 0.717) is 6.54 Å². The van der Waals surface area contributed by atoms with Gasteiger partial charge in [-0.25, -0.2) is 0 Å². The van der Waals surface area contributed by atoms with Crippen molar-refractivity contribution in [3.05, 3.63) is 33.4 Å². The van der Waals surface area contributed by atoms with E-state index in [2.05, 4.69) is 15.9 Å². The second-order valence-corrected chi connectivity index (χ2v) is 4.38. The average molecular weight is 274 g/mol. The first-order chi connectivity index (χ1) is 6.66. The number of benzene rings is 1. The van der Waals surface area contributed by atoms with Crippen molar-refractivity contribution in [2.24, 2.45) is 12.8 Å². The predicted molar refractivity (Wildman–Crippen MR) is 63.5 cm³/mol. The maximum absolute atomic E-state index is 6.17. The van der Waals surface area contributed by atoms with Crippen LogP contribution in [-0.4, -0.2) is 4.57 Å². The zero-order chi connectivity index (χ0) is 10.3. The van der Waals surface area contributed by atoms with Crippen LogP contribution < -0.4 is 5.73 Å². The summed E-state index contributed by atoms with van der Waals surface area (Å²) in [7, 11) is 1.94. The van der Waals surface area contributed by atoms with Crippen molar-refractivity contribution < 1.29 is 0 Å². The maximum atomic E-state index is 6.17. The molecule has 2 nitrogen and oxygen atoms in total. The van der Waals surface area contributed by atoms with E-state index in [1.165, 1.54) is 0 Å². The molecule has 0 saturated heterocycles. The highest BCUT2D eigenvalue weighted by Crippen LogP contribution is 2.33. The summed E-state index contributed by atoms with van der Waals surface area (Å²) in [5.74, 6) is 0. The summed E-state index contributed by atoms with van der Waals surface area (Å²) in [6, 6.07) is 6.02. The van der Waals surface area contributed by atoms with Gasteiger partial charge < -0.3 is 10.3 Å². The molecule has 0 saturated carbocycles. The number of hydrogen-bond donors (Lipinski definition) is 1. The van der Waals surface area contributed by atoms with Crippen LogP contribution in [0.1, 0.15) is 5.56 Å². The lowest BCUT2D eigenvalue weighted by molar-refractivity contribution is 0.948. The number of aromatic nitrogens is 1. The van der Waals surface area contributed by atoms with E-state index in [1.807, 2.05) is 29.8 Å². The molecule has 0 unspecified atom stereocenters. The van der Waals surface area contributed by atoms with Crippen molar-refractivity contribution in [3.8, 4) is 0 Å².